The molecule has 0 spiro atoms. The summed E-state index contributed by atoms with van der Waals surface area (Å²) in [7, 11) is 2.15. The second kappa shape index (κ2) is 7.15. The highest BCUT2D eigenvalue weighted by Gasteiger charge is 2.28. The first-order valence-corrected chi connectivity index (χ1v) is 7.24. The molecule has 0 aromatic rings. The molecule has 1 aliphatic carbocycles. The zero-order valence-electron chi connectivity index (χ0n) is 12.0. The van der Waals surface area contributed by atoms with Crippen molar-refractivity contribution in [2.45, 2.75) is 52.9 Å². The van der Waals surface area contributed by atoms with E-state index in [9.17, 15) is 4.79 Å². The summed E-state index contributed by atoms with van der Waals surface area (Å²) in [4.78, 5) is 14.3. The van der Waals surface area contributed by atoms with Gasteiger partial charge in [0.2, 0.25) is 0 Å². The van der Waals surface area contributed by atoms with E-state index in [-0.39, 0.29) is 0 Å². The van der Waals surface area contributed by atoms with E-state index in [1.54, 1.807) is 0 Å². The van der Waals surface area contributed by atoms with Crippen LogP contribution in [0.3, 0.4) is 0 Å². The Labute approximate surface area is 107 Å². The molecule has 0 bridgehead atoms. The van der Waals surface area contributed by atoms with Crippen molar-refractivity contribution in [1.82, 2.24) is 4.90 Å². The normalized spacial score (nSPS) is 25.9. The number of ketones is 1. The lowest BCUT2D eigenvalue weighted by Crippen LogP contribution is -2.36. The number of hydrogen-bond acceptors (Lipinski definition) is 2. The van der Waals surface area contributed by atoms with Crippen molar-refractivity contribution >= 4 is 5.78 Å². The van der Waals surface area contributed by atoms with Crippen LogP contribution in [0.1, 0.15) is 52.9 Å². The number of rotatable bonds is 6. The summed E-state index contributed by atoms with van der Waals surface area (Å²) in [5.41, 5.74) is 0. The highest BCUT2D eigenvalue weighted by atomic mass is 16.1. The average Bonchev–Trinajstić information content (AvgIpc) is 2.22. The molecule has 0 heterocycles. The molecule has 100 valence electrons. The summed E-state index contributed by atoms with van der Waals surface area (Å²) in [6.07, 6.45) is 5.65. The van der Waals surface area contributed by atoms with Gasteiger partial charge in [0.05, 0.1) is 0 Å². The summed E-state index contributed by atoms with van der Waals surface area (Å²) in [5, 5.41) is 0. The van der Waals surface area contributed by atoms with Gasteiger partial charge in [0.1, 0.15) is 5.78 Å². The van der Waals surface area contributed by atoms with Gasteiger partial charge >= 0.3 is 0 Å². The third kappa shape index (κ3) is 5.20. The predicted molar refractivity (Wildman–Crippen MR) is 73.1 cm³/mol. The van der Waals surface area contributed by atoms with E-state index in [1.165, 1.54) is 12.8 Å². The van der Waals surface area contributed by atoms with Gasteiger partial charge in [-0.25, -0.2) is 0 Å². The fourth-order valence-electron chi connectivity index (χ4n) is 3.12. The van der Waals surface area contributed by atoms with Crippen LogP contribution in [0.25, 0.3) is 0 Å². The molecule has 0 radical (unpaired) electrons. The van der Waals surface area contributed by atoms with Gasteiger partial charge < -0.3 is 4.90 Å². The van der Waals surface area contributed by atoms with E-state index >= 15 is 0 Å². The van der Waals surface area contributed by atoms with Crippen molar-refractivity contribution in [3.05, 3.63) is 0 Å². The number of hydrogen-bond donors (Lipinski definition) is 0. The van der Waals surface area contributed by atoms with Crippen LogP contribution < -0.4 is 0 Å². The molecule has 1 fully saturated rings. The van der Waals surface area contributed by atoms with Crippen molar-refractivity contribution in [2.75, 3.05) is 20.1 Å². The molecule has 0 aromatic carbocycles. The SMILES string of the molecule is CCCC1CCC(=O)C(CN(C)CC(C)C)C1. The van der Waals surface area contributed by atoms with Gasteiger partial charge in [-0.2, -0.15) is 0 Å². The molecule has 2 unspecified atom stereocenters. The Hall–Kier alpha value is -0.370. The Morgan fingerprint density at radius 1 is 1.41 bits per heavy atom. The first kappa shape index (κ1) is 14.7. The molecular formula is C15H29NO. The molecule has 0 amide bonds. The molecule has 1 aliphatic rings. The number of nitrogens with zero attached hydrogens (tertiary/aromatic N) is 1. The van der Waals surface area contributed by atoms with Crippen molar-refractivity contribution < 1.29 is 4.79 Å². The fourth-order valence-corrected chi connectivity index (χ4v) is 3.12. The Bertz CT molecular complexity index is 237. The molecule has 2 nitrogen and oxygen atoms in total. The largest absolute Gasteiger partial charge is 0.305 e. The van der Waals surface area contributed by atoms with Crippen molar-refractivity contribution in [1.29, 1.82) is 0 Å². The van der Waals surface area contributed by atoms with Crippen LogP contribution in [-0.4, -0.2) is 30.8 Å². The van der Waals surface area contributed by atoms with Gasteiger partial charge in [0.15, 0.2) is 0 Å². The maximum Gasteiger partial charge on any atom is 0.137 e. The first-order chi connectivity index (χ1) is 8.02. The topological polar surface area (TPSA) is 20.3 Å². The maximum atomic E-state index is 11.9. The number of carbonyl (C=O) groups is 1. The monoisotopic (exact) mass is 239 g/mol. The van der Waals surface area contributed by atoms with Crippen LogP contribution >= 0.6 is 0 Å². The van der Waals surface area contributed by atoms with Gasteiger partial charge in [-0.1, -0.05) is 33.6 Å². The Morgan fingerprint density at radius 3 is 2.71 bits per heavy atom. The average molecular weight is 239 g/mol. The van der Waals surface area contributed by atoms with Gasteiger partial charge in [0.25, 0.3) is 0 Å². The molecule has 0 aliphatic heterocycles. The van der Waals surface area contributed by atoms with E-state index in [1.807, 2.05) is 0 Å². The molecule has 0 aromatic heterocycles. The van der Waals surface area contributed by atoms with Crippen LogP contribution in [0.4, 0.5) is 0 Å². The lowest BCUT2D eigenvalue weighted by Gasteiger charge is -2.31. The maximum absolute atomic E-state index is 11.9. The Balaban J connectivity index is 2.41. The third-order valence-corrected chi connectivity index (χ3v) is 3.78. The standard InChI is InChI=1S/C15H29NO/c1-5-6-13-7-8-15(17)14(9-13)11-16(4)10-12(2)3/h12-14H,5-11H2,1-4H3. The Kier molecular flexibility index (Phi) is 6.18. The van der Waals surface area contributed by atoms with Gasteiger partial charge in [-0.3, -0.25) is 4.79 Å². The van der Waals surface area contributed by atoms with Crippen LogP contribution in [0, 0.1) is 17.8 Å². The van der Waals surface area contributed by atoms with Crippen molar-refractivity contribution in [3.63, 3.8) is 0 Å². The van der Waals surface area contributed by atoms with Crippen molar-refractivity contribution in [3.8, 4) is 0 Å². The van der Waals surface area contributed by atoms with E-state index in [2.05, 4.69) is 32.7 Å². The smallest absolute Gasteiger partial charge is 0.137 e. The van der Waals surface area contributed by atoms with Crippen LogP contribution in [0.2, 0.25) is 0 Å². The van der Waals surface area contributed by atoms with E-state index < -0.39 is 0 Å². The van der Waals surface area contributed by atoms with Gasteiger partial charge in [0, 0.05) is 25.4 Å². The molecule has 2 atom stereocenters. The summed E-state index contributed by atoms with van der Waals surface area (Å²) in [6.45, 7) is 8.79. The van der Waals surface area contributed by atoms with E-state index in [4.69, 9.17) is 0 Å². The minimum absolute atomic E-state index is 0.309. The minimum atomic E-state index is 0.309. The second-order valence-corrected chi connectivity index (χ2v) is 6.21. The van der Waals surface area contributed by atoms with Gasteiger partial charge in [-0.05, 0) is 31.7 Å². The molecule has 1 saturated carbocycles. The van der Waals surface area contributed by atoms with E-state index in [0.29, 0.717) is 17.6 Å². The van der Waals surface area contributed by atoms with Gasteiger partial charge in [-0.15, -0.1) is 0 Å². The summed E-state index contributed by atoms with van der Waals surface area (Å²) in [5.74, 6) is 2.30. The molecule has 0 saturated heterocycles. The molecule has 17 heavy (non-hydrogen) atoms. The van der Waals surface area contributed by atoms with Crippen molar-refractivity contribution in [2.24, 2.45) is 17.8 Å². The summed E-state index contributed by atoms with van der Waals surface area (Å²) >= 11 is 0. The highest BCUT2D eigenvalue weighted by Crippen LogP contribution is 2.30. The summed E-state index contributed by atoms with van der Waals surface area (Å²) in [6, 6.07) is 0. The summed E-state index contributed by atoms with van der Waals surface area (Å²) < 4.78 is 0. The molecular weight excluding hydrogens is 210 g/mol. The van der Waals surface area contributed by atoms with Crippen LogP contribution in [-0.2, 0) is 4.79 Å². The highest BCUT2D eigenvalue weighted by molar-refractivity contribution is 5.81. The first-order valence-electron chi connectivity index (χ1n) is 7.24. The Morgan fingerprint density at radius 2 is 2.12 bits per heavy atom. The van der Waals surface area contributed by atoms with Crippen LogP contribution in [0.5, 0.6) is 0 Å². The van der Waals surface area contributed by atoms with Crippen LogP contribution in [0.15, 0.2) is 0 Å². The fraction of sp³-hybridized carbons (Fsp3) is 0.933. The third-order valence-electron chi connectivity index (χ3n) is 3.78. The quantitative estimate of drug-likeness (QED) is 0.708. The molecule has 0 N–H and O–H groups in total. The zero-order chi connectivity index (χ0) is 12.8. The number of Topliss-reactive ketones (excluding diaryl/α,β-unsaturated/α-hetero) is 1. The molecule has 1 rings (SSSR count). The molecule has 2 heteroatoms. The predicted octanol–water partition coefficient (Wildman–Crippen LogP) is 3.36. The lowest BCUT2D eigenvalue weighted by atomic mass is 9.78. The number of carbonyl (C=O) groups excluding carboxylic acids is 1. The zero-order valence-corrected chi connectivity index (χ0v) is 12.0. The van der Waals surface area contributed by atoms with E-state index in [0.717, 1.165) is 38.3 Å². The second-order valence-electron chi connectivity index (χ2n) is 6.21. The lowest BCUT2D eigenvalue weighted by molar-refractivity contribution is -0.126. The minimum Gasteiger partial charge on any atom is -0.305 e.